The molecule has 0 aliphatic heterocycles. The molecule has 1 heterocycles. The van der Waals surface area contributed by atoms with Gasteiger partial charge in [-0.15, -0.1) is 0 Å². The first-order chi connectivity index (χ1) is 8.27. The molecule has 18 heavy (non-hydrogen) atoms. The molecule has 1 rings (SSSR count). The van der Waals surface area contributed by atoms with Gasteiger partial charge in [-0.2, -0.15) is 13.2 Å². The molecule has 0 fully saturated rings. The Balaban J connectivity index is 3.31. The van der Waals surface area contributed by atoms with Crippen LogP contribution in [0.25, 0.3) is 0 Å². The van der Waals surface area contributed by atoms with E-state index in [9.17, 15) is 26.7 Å². The molecule has 1 aromatic heterocycles. The van der Waals surface area contributed by atoms with Gasteiger partial charge in [-0.1, -0.05) is 0 Å². The molecular weight excluding hydrogens is 261 g/mol. The number of hydrogen-bond donors (Lipinski definition) is 0. The van der Waals surface area contributed by atoms with E-state index in [1.807, 2.05) is 0 Å². The van der Waals surface area contributed by atoms with Gasteiger partial charge in [0.15, 0.2) is 5.69 Å². The summed E-state index contributed by atoms with van der Waals surface area (Å²) in [5, 5.41) is 0. The fourth-order valence-electron chi connectivity index (χ4n) is 1.36. The normalized spacial score (nSPS) is 11.7. The predicted octanol–water partition coefficient (Wildman–Crippen LogP) is 2.75. The minimum atomic E-state index is -5.00. The molecular formula is C10H8F5NO2. The fourth-order valence-corrected chi connectivity index (χ4v) is 1.36. The number of hydrogen-bond acceptors (Lipinski definition) is 3. The first-order valence-corrected chi connectivity index (χ1v) is 4.67. The SMILES string of the molecule is COC(=O)Cc1ccnc(C(F)(F)F)c1C(F)F. The Bertz CT molecular complexity index is 444. The quantitative estimate of drug-likeness (QED) is 0.625. The number of ether oxygens (including phenoxy) is 1. The Morgan fingerprint density at radius 1 is 1.44 bits per heavy atom. The first kappa shape index (κ1) is 14.3. The summed E-state index contributed by atoms with van der Waals surface area (Å²) in [6, 6.07) is 0.938. The van der Waals surface area contributed by atoms with E-state index in [1.54, 1.807) is 0 Å². The van der Waals surface area contributed by atoms with Crippen LogP contribution in [0.5, 0.6) is 0 Å². The summed E-state index contributed by atoms with van der Waals surface area (Å²) < 4.78 is 67.1. The summed E-state index contributed by atoms with van der Waals surface area (Å²) in [5.74, 6) is -0.906. The third kappa shape index (κ3) is 3.14. The highest BCUT2D eigenvalue weighted by Gasteiger charge is 2.39. The van der Waals surface area contributed by atoms with Gasteiger partial charge in [-0.25, -0.2) is 8.78 Å². The van der Waals surface area contributed by atoms with Crippen molar-refractivity contribution in [2.45, 2.75) is 19.0 Å². The molecule has 0 spiro atoms. The molecule has 0 radical (unpaired) electrons. The van der Waals surface area contributed by atoms with Gasteiger partial charge in [0.05, 0.1) is 19.1 Å². The molecule has 0 unspecified atom stereocenters. The second kappa shape index (κ2) is 5.28. The van der Waals surface area contributed by atoms with Gasteiger partial charge >= 0.3 is 12.1 Å². The molecule has 0 aliphatic rings. The average Bonchev–Trinajstić information content (AvgIpc) is 2.27. The zero-order valence-electron chi connectivity index (χ0n) is 9.09. The predicted molar refractivity (Wildman–Crippen MR) is 49.9 cm³/mol. The van der Waals surface area contributed by atoms with Crippen LogP contribution in [0.1, 0.15) is 23.2 Å². The lowest BCUT2D eigenvalue weighted by molar-refractivity contribution is -0.144. The summed E-state index contributed by atoms with van der Waals surface area (Å²) in [7, 11) is 1.01. The molecule has 0 aromatic carbocycles. The van der Waals surface area contributed by atoms with Gasteiger partial charge in [0, 0.05) is 6.20 Å². The number of carbonyl (C=O) groups is 1. The number of carbonyl (C=O) groups excluding carboxylic acids is 1. The molecule has 0 aliphatic carbocycles. The second-order valence-corrected chi connectivity index (χ2v) is 3.28. The van der Waals surface area contributed by atoms with Crippen LogP contribution in [0.2, 0.25) is 0 Å². The molecule has 0 N–H and O–H groups in total. The van der Waals surface area contributed by atoms with Crippen LogP contribution < -0.4 is 0 Å². The van der Waals surface area contributed by atoms with Gasteiger partial charge in [0.1, 0.15) is 0 Å². The van der Waals surface area contributed by atoms with Crippen molar-refractivity contribution >= 4 is 5.97 Å². The van der Waals surface area contributed by atoms with Crippen LogP contribution >= 0.6 is 0 Å². The summed E-state index contributed by atoms with van der Waals surface area (Å²) in [6.07, 6.45) is -8.32. The van der Waals surface area contributed by atoms with Crippen LogP contribution in [-0.2, 0) is 22.1 Å². The molecule has 0 amide bonds. The van der Waals surface area contributed by atoms with Crippen molar-refractivity contribution in [3.05, 3.63) is 29.1 Å². The lowest BCUT2D eigenvalue weighted by atomic mass is 10.0. The Morgan fingerprint density at radius 2 is 2.06 bits per heavy atom. The summed E-state index contributed by atoms with van der Waals surface area (Å²) in [5.41, 5.74) is -3.41. The minimum Gasteiger partial charge on any atom is -0.469 e. The number of methoxy groups -OCH3 is 1. The summed E-state index contributed by atoms with van der Waals surface area (Å²) >= 11 is 0. The van der Waals surface area contributed by atoms with Crippen LogP contribution in [-0.4, -0.2) is 18.1 Å². The molecule has 0 saturated heterocycles. The fraction of sp³-hybridized carbons (Fsp3) is 0.400. The number of pyridine rings is 1. The van der Waals surface area contributed by atoms with Crippen molar-refractivity contribution in [1.82, 2.24) is 4.98 Å². The topological polar surface area (TPSA) is 39.2 Å². The van der Waals surface area contributed by atoms with E-state index in [2.05, 4.69) is 9.72 Å². The largest absolute Gasteiger partial charge is 0.469 e. The van der Waals surface area contributed by atoms with Crippen molar-refractivity contribution in [3.8, 4) is 0 Å². The third-order valence-electron chi connectivity index (χ3n) is 2.13. The highest BCUT2D eigenvalue weighted by molar-refractivity contribution is 5.73. The number of esters is 1. The van der Waals surface area contributed by atoms with Gasteiger partial charge in [0.25, 0.3) is 6.43 Å². The summed E-state index contributed by atoms with van der Waals surface area (Å²) in [4.78, 5) is 13.9. The van der Waals surface area contributed by atoms with Crippen LogP contribution in [0.4, 0.5) is 22.0 Å². The molecule has 100 valence electrons. The van der Waals surface area contributed by atoms with Crippen LogP contribution in [0, 0.1) is 0 Å². The molecule has 1 aromatic rings. The van der Waals surface area contributed by atoms with E-state index in [0.717, 1.165) is 19.4 Å². The number of nitrogens with zero attached hydrogens (tertiary/aromatic N) is 1. The zero-order chi connectivity index (χ0) is 13.9. The number of rotatable bonds is 3. The van der Waals surface area contributed by atoms with Gasteiger partial charge in [-0.05, 0) is 11.6 Å². The van der Waals surface area contributed by atoms with E-state index in [-0.39, 0.29) is 0 Å². The van der Waals surface area contributed by atoms with Crippen molar-refractivity contribution in [2.75, 3.05) is 7.11 Å². The van der Waals surface area contributed by atoms with Crippen LogP contribution in [0.15, 0.2) is 12.3 Å². The highest BCUT2D eigenvalue weighted by atomic mass is 19.4. The number of alkyl halides is 5. The Morgan fingerprint density at radius 3 is 2.50 bits per heavy atom. The summed E-state index contributed by atoms with van der Waals surface area (Å²) in [6.45, 7) is 0. The smallest absolute Gasteiger partial charge is 0.433 e. The lowest BCUT2D eigenvalue weighted by Gasteiger charge is -2.14. The van der Waals surface area contributed by atoms with Gasteiger partial charge in [0.2, 0.25) is 0 Å². The highest BCUT2D eigenvalue weighted by Crippen LogP contribution is 2.36. The van der Waals surface area contributed by atoms with E-state index >= 15 is 0 Å². The van der Waals surface area contributed by atoms with E-state index in [0.29, 0.717) is 0 Å². The third-order valence-corrected chi connectivity index (χ3v) is 2.13. The Hall–Kier alpha value is -1.73. The maximum atomic E-state index is 12.7. The number of aromatic nitrogens is 1. The van der Waals surface area contributed by atoms with Crippen molar-refractivity contribution in [1.29, 1.82) is 0 Å². The average molecular weight is 269 g/mol. The lowest BCUT2D eigenvalue weighted by Crippen LogP contribution is -2.16. The monoisotopic (exact) mass is 269 g/mol. The van der Waals surface area contributed by atoms with Crippen LogP contribution in [0.3, 0.4) is 0 Å². The van der Waals surface area contributed by atoms with E-state index in [4.69, 9.17) is 0 Å². The maximum Gasteiger partial charge on any atom is 0.433 e. The van der Waals surface area contributed by atoms with Gasteiger partial charge < -0.3 is 4.74 Å². The first-order valence-electron chi connectivity index (χ1n) is 4.67. The molecule has 0 bridgehead atoms. The second-order valence-electron chi connectivity index (χ2n) is 3.28. The molecule has 0 atom stereocenters. The van der Waals surface area contributed by atoms with E-state index in [1.165, 1.54) is 0 Å². The van der Waals surface area contributed by atoms with E-state index < -0.39 is 41.8 Å². The Kier molecular flexibility index (Phi) is 4.20. The number of halogens is 5. The van der Waals surface area contributed by atoms with Crippen molar-refractivity contribution in [2.24, 2.45) is 0 Å². The Labute approximate surface area is 98.6 Å². The molecule has 8 heteroatoms. The van der Waals surface area contributed by atoms with Crippen molar-refractivity contribution < 1.29 is 31.5 Å². The maximum absolute atomic E-state index is 12.7. The molecule has 0 saturated carbocycles. The zero-order valence-corrected chi connectivity index (χ0v) is 9.09. The standard InChI is InChI=1S/C10H8F5NO2/c1-18-6(17)4-5-2-3-16-8(10(13,14)15)7(5)9(11)12/h2-3,9H,4H2,1H3. The minimum absolute atomic E-state index is 0.445. The molecule has 3 nitrogen and oxygen atoms in total. The van der Waals surface area contributed by atoms with Gasteiger partial charge in [-0.3, -0.25) is 9.78 Å². The van der Waals surface area contributed by atoms with Crippen molar-refractivity contribution in [3.63, 3.8) is 0 Å².